The molecule has 1 aliphatic heterocycles. The maximum atomic E-state index is 12.7. The molecular formula is C19H29N3O2. The standard InChI is InChI=1S/C19H29N3O2/c1-14(2)19(3,13-20)21-17(23)16-10-7-11-22(12-16)18(24)15-8-5-4-6-9-15/h4-6,8-9,14,16H,7,10-13,20H2,1-3H3,(H,21,23). The molecule has 2 atom stereocenters. The molecule has 0 aliphatic carbocycles. The summed E-state index contributed by atoms with van der Waals surface area (Å²) in [6, 6.07) is 9.24. The molecule has 0 aromatic heterocycles. The summed E-state index contributed by atoms with van der Waals surface area (Å²) in [6.45, 7) is 7.66. The zero-order chi connectivity index (χ0) is 17.7. The van der Waals surface area contributed by atoms with Crippen LogP contribution < -0.4 is 11.1 Å². The Labute approximate surface area is 144 Å². The number of amides is 2. The summed E-state index contributed by atoms with van der Waals surface area (Å²) in [6.07, 6.45) is 1.65. The molecule has 0 bridgehead atoms. The Kier molecular flexibility index (Phi) is 5.99. The van der Waals surface area contributed by atoms with Crippen LogP contribution in [-0.2, 0) is 4.79 Å². The van der Waals surface area contributed by atoms with Gasteiger partial charge in [0.05, 0.1) is 11.5 Å². The number of nitrogens with zero attached hydrogens (tertiary/aromatic N) is 1. The predicted molar refractivity (Wildman–Crippen MR) is 95.5 cm³/mol. The number of hydrogen-bond donors (Lipinski definition) is 2. The van der Waals surface area contributed by atoms with Crippen molar-refractivity contribution in [2.45, 2.75) is 39.2 Å². The summed E-state index contributed by atoms with van der Waals surface area (Å²) in [4.78, 5) is 27.1. The third kappa shape index (κ3) is 4.15. The molecular weight excluding hydrogens is 302 g/mol. The summed E-state index contributed by atoms with van der Waals surface area (Å²) < 4.78 is 0. The Morgan fingerprint density at radius 1 is 1.33 bits per heavy atom. The average molecular weight is 331 g/mol. The van der Waals surface area contributed by atoms with E-state index in [2.05, 4.69) is 19.2 Å². The lowest BCUT2D eigenvalue weighted by Gasteiger charge is -2.37. The van der Waals surface area contributed by atoms with Crippen molar-refractivity contribution in [2.24, 2.45) is 17.6 Å². The zero-order valence-corrected chi connectivity index (χ0v) is 14.9. The molecule has 2 amide bonds. The van der Waals surface area contributed by atoms with Crippen LogP contribution in [-0.4, -0.2) is 41.9 Å². The number of hydrogen-bond acceptors (Lipinski definition) is 3. The van der Waals surface area contributed by atoms with Crippen LogP contribution in [0.25, 0.3) is 0 Å². The average Bonchev–Trinajstić information content (AvgIpc) is 2.61. The Morgan fingerprint density at radius 2 is 2.00 bits per heavy atom. The van der Waals surface area contributed by atoms with Crippen LogP contribution in [0.2, 0.25) is 0 Å². The summed E-state index contributed by atoms with van der Waals surface area (Å²) >= 11 is 0. The lowest BCUT2D eigenvalue weighted by molar-refractivity contribution is -0.128. The first-order valence-electron chi connectivity index (χ1n) is 8.74. The van der Waals surface area contributed by atoms with Crippen LogP contribution >= 0.6 is 0 Å². The van der Waals surface area contributed by atoms with E-state index in [9.17, 15) is 9.59 Å². The second kappa shape index (κ2) is 7.79. The van der Waals surface area contributed by atoms with Crippen molar-refractivity contribution in [1.82, 2.24) is 10.2 Å². The van der Waals surface area contributed by atoms with Gasteiger partial charge in [-0.15, -0.1) is 0 Å². The Bertz CT molecular complexity index is 573. The minimum atomic E-state index is -0.414. The lowest BCUT2D eigenvalue weighted by Crippen LogP contribution is -2.58. The quantitative estimate of drug-likeness (QED) is 0.867. The Morgan fingerprint density at radius 3 is 2.58 bits per heavy atom. The van der Waals surface area contributed by atoms with Gasteiger partial charge in [0.2, 0.25) is 5.91 Å². The number of benzene rings is 1. The van der Waals surface area contributed by atoms with Gasteiger partial charge in [0, 0.05) is 25.2 Å². The highest BCUT2D eigenvalue weighted by Gasteiger charge is 2.34. The fraction of sp³-hybridized carbons (Fsp3) is 0.579. The van der Waals surface area contributed by atoms with Crippen LogP contribution in [0.15, 0.2) is 30.3 Å². The highest BCUT2D eigenvalue weighted by Crippen LogP contribution is 2.21. The molecule has 3 N–H and O–H groups in total. The third-order valence-corrected chi connectivity index (χ3v) is 5.21. The van der Waals surface area contributed by atoms with E-state index in [0.717, 1.165) is 12.8 Å². The third-order valence-electron chi connectivity index (χ3n) is 5.21. The molecule has 5 heteroatoms. The second-order valence-corrected chi connectivity index (χ2v) is 7.22. The number of nitrogens with two attached hydrogens (primary N) is 1. The van der Waals surface area contributed by atoms with E-state index in [1.807, 2.05) is 37.3 Å². The molecule has 24 heavy (non-hydrogen) atoms. The van der Waals surface area contributed by atoms with Gasteiger partial charge in [0.1, 0.15) is 0 Å². The van der Waals surface area contributed by atoms with Gasteiger partial charge in [-0.1, -0.05) is 32.0 Å². The molecule has 1 aromatic carbocycles. The minimum absolute atomic E-state index is 0.00135. The van der Waals surface area contributed by atoms with E-state index >= 15 is 0 Å². The topological polar surface area (TPSA) is 75.4 Å². The summed E-state index contributed by atoms with van der Waals surface area (Å²) in [7, 11) is 0. The summed E-state index contributed by atoms with van der Waals surface area (Å²) in [5.74, 6) is 0.0777. The molecule has 2 unspecified atom stereocenters. The largest absolute Gasteiger partial charge is 0.349 e. The van der Waals surface area contributed by atoms with Crippen LogP contribution in [0.3, 0.4) is 0 Å². The second-order valence-electron chi connectivity index (χ2n) is 7.22. The van der Waals surface area contributed by atoms with Gasteiger partial charge in [0.25, 0.3) is 5.91 Å². The first-order chi connectivity index (χ1) is 11.4. The van der Waals surface area contributed by atoms with E-state index in [1.54, 1.807) is 4.90 Å². The lowest BCUT2D eigenvalue weighted by atomic mass is 9.87. The van der Waals surface area contributed by atoms with Crippen molar-refractivity contribution in [3.63, 3.8) is 0 Å². The predicted octanol–water partition coefficient (Wildman–Crippen LogP) is 2.03. The van der Waals surface area contributed by atoms with Gasteiger partial charge in [-0.25, -0.2) is 0 Å². The van der Waals surface area contributed by atoms with Gasteiger partial charge >= 0.3 is 0 Å². The molecule has 0 saturated carbocycles. The summed E-state index contributed by atoms with van der Waals surface area (Å²) in [5, 5.41) is 3.11. The van der Waals surface area contributed by atoms with Crippen LogP contribution in [0.4, 0.5) is 0 Å². The van der Waals surface area contributed by atoms with Gasteiger partial charge < -0.3 is 16.0 Å². The first-order valence-corrected chi connectivity index (χ1v) is 8.74. The molecule has 1 aromatic rings. The molecule has 5 nitrogen and oxygen atoms in total. The van der Waals surface area contributed by atoms with E-state index in [0.29, 0.717) is 25.2 Å². The van der Waals surface area contributed by atoms with Gasteiger partial charge in [-0.2, -0.15) is 0 Å². The minimum Gasteiger partial charge on any atom is -0.349 e. The maximum absolute atomic E-state index is 12.7. The number of carbonyl (C=O) groups excluding carboxylic acids is 2. The molecule has 1 aliphatic rings. The van der Waals surface area contributed by atoms with Crippen LogP contribution in [0.5, 0.6) is 0 Å². The number of rotatable bonds is 5. The maximum Gasteiger partial charge on any atom is 0.253 e. The van der Waals surface area contributed by atoms with Crippen LogP contribution in [0.1, 0.15) is 44.0 Å². The summed E-state index contributed by atoms with van der Waals surface area (Å²) in [5.41, 5.74) is 6.12. The first kappa shape index (κ1) is 18.5. The smallest absolute Gasteiger partial charge is 0.253 e. The monoisotopic (exact) mass is 331 g/mol. The molecule has 0 radical (unpaired) electrons. The van der Waals surface area contributed by atoms with Crippen molar-refractivity contribution < 1.29 is 9.59 Å². The SMILES string of the molecule is CC(C)C(C)(CN)NC(=O)C1CCCN(C(=O)c2ccccc2)C1. The molecule has 1 heterocycles. The number of piperidine rings is 1. The van der Waals surface area contributed by atoms with Crippen molar-refractivity contribution in [3.8, 4) is 0 Å². The molecule has 1 saturated heterocycles. The fourth-order valence-corrected chi connectivity index (χ4v) is 2.95. The van der Waals surface area contributed by atoms with E-state index in [1.165, 1.54) is 0 Å². The molecule has 0 spiro atoms. The highest BCUT2D eigenvalue weighted by atomic mass is 16.2. The number of likely N-dealkylation sites (tertiary alicyclic amines) is 1. The normalized spacial score (nSPS) is 20.5. The van der Waals surface area contributed by atoms with Gasteiger partial charge in [0.15, 0.2) is 0 Å². The van der Waals surface area contributed by atoms with E-state index < -0.39 is 5.54 Å². The van der Waals surface area contributed by atoms with Crippen molar-refractivity contribution in [3.05, 3.63) is 35.9 Å². The Balaban J connectivity index is 2.02. The van der Waals surface area contributed by atoms with Gasteiger partial charge in [-0.05, 0) is 37.8 Å². The number of carbonyl (C=O) groups is 2. The van der Waals surface area contributed by atoms with Gasteiger partial charge in [-0.3, -0.25) is 9.59 Å². The molecule has 1 fully saturated rings. The van der Waals surface area contributed by atoms with Crippen molar-refractivity contribution in [2.75, 3.05) is 19.6 Å². The Hall–Kier alpha value is -1.88. The molecule has 2 rings (SSSR count). The zero-order valence-electron chi connectivity index (χ0n) is 14.9. The van der Waals surface area contributed by atoms with Crippen molar-refractivity contribution >= 4 is 11.8 Å². The van der Waals surface area contributed by atoms with Crippen molar-refractivity contribution in [1.29, 1.82) is 0 Å². The molecule has 132 valence electrons. The van der Waals surface area contributed by atoms with E-state index in [-0.39, 0.29) is 23.7 Å². The van der Waals surface area contributed by atoms with Crippen LogP contribution in [0, 0.1) is 11.8 Å². The fourth-order valence-electron chi connectivity index (χ4n) is 2.95. The number of nitrogens with one attached hydrogen (secondary N) is 1. The van der Waals surface area contributed by atoms with E-state index in [4.69, 9.17) is 5.73 Å². The highest BCUT2D eigenvalue weighted by molar-refractivity contribution is 5.94.